The average molecular weight is 415 g/mol. The molecule has 6 heteroatoms. The number of carbonyl (C=O) groups excluding carboxylic acids is 1. The van der Waals surface area contributed by atoms with E-state index in [4.69, 9.17) is 9.72 Å². The summed E-state index contributed by atoms with van der Waals surface area (Å²) in [5.41, 5.74) is 6.33. The van der Waals surface area contributed by atoms with Crippen LogP contribution < -0.4 is 10.2 Å². The maximum absolute atomic E-state index is 12.8. The molecule has 1 fully saturated rings. The van der Waals surface area contributed by atoms with Gasteiger partial charge in [0.2, 0.25) is 0 Å². The van der Waals surface area contributed by atoms with Crippen molar-refractivity contribution in [2.45, 2.75) is 26.2 Å². The number of rotatable bonds is 5. The van der Waals surface area contributed by atoms with Crippen LogP contribution in [0.5, 0.6) is 5.75 Å². The predicted octanol–water partition coefficient (Wildman–Crippen LogP) is 4.91. The Morgan fingerprint density at radius 2 is 1.84 bits per heavy atom. The lowest BCUT2D eigenvalue weighted by molar-refractivity contribution is 0.0749. The van der Waals surface area contributed by atoms with Crippen LogP contribution in [-0.2, 0) is 0 Å². The van der Waals surface area contributed by atoms with E-state index in [0.717, 1.165) is 53.7 Å². The second-order valence-electron chi connectivity index (χ2n) is 7.93. The van der Waals surface area contributed by atoms with Gasteiger partial charge in [-0.25, -0.2) is 9.99 Å². The molecule has 5 rings (SSSR count). The first kappa shape index (κ1) is 19.6. The van der Waals surface area contributed by atoms with Crippen molar-refractivity contribution >= 4 is 27.7 Å². The normalized spacial score (nSPS) is 14.7. The second kappa shape index (κ2) is 8.40. The van der Waals surface area contributed by atoms with Crippen molar-refractivity contribution < 1.29 is 9.53 Å². The predicted molar refractivity (Wildman–Crippen MR) is 123 cm³/mol. The maximum atomic E-state index is 12.8. The number of fused-ring (bicyclic) bond motifs is 2. The van der Waals surface area contributed by atoms with Gasteiger partial charge in [-0.15, -0.1) is 0 Å². The summed E-state index contributed by atoms with van der Waals surface area (Å²) in [6, 6.07) is 18.0. The van der Waals surface area contributed by atoms with Crippen LogP contribution in [0.25, 0.3) is 33.2 Å². The maximum Gasteiger partial charge on any atom is 0.265 e. The van der Waals surface area contributed by atoms with Gasteiger partial charge in [0, 0.05) is 18.7 Å². The average Bonchev–Trinajstić information content (AvgIpc) is 3.21. The van der Waals surface area contributed by atoms with Gasteiger partial charge in [0.1, 0.15) is 11.6 Å². The zero-order chi connectivity index (χ0) is 21.2. The van der Waals surface area contributed by atoms with Gasteiger partial charge in [0.25, 0.3) is 5.91 Å². The molecule has 158 valence electrons. The topological polar surface area (TPSA) is 70.2 Å². The first-order chi connectivity index (χ1) is 15.2. The lowest BCUT2D eigenvalue weighted by atomic mass is 10.1. The fourth-order valence-electron chi connectivity index (χ4n) is 4.17. The van der Waals surface area contributed by atoms with Crippen LogP contribution in [0.3, 0.4) is 0 Å². The Bertz CT molecular complexity index is 1190. The minimum absolute atomic E-state index is 0.106. The zero-order valence-electron chi connectivity index (χ0n) is 17.6. The van der Waals surface area contributed by atoms with Crippen LogP contribution in [-0.4, -0.2) is 40.6 Å². The fraction of sp³-hybridized carbons (Fsp3) is 0.280. The van der Waals surface area contributed by atoms with Crippen molar-refractivity contribution in [2.75, 3.05) is 19.7 Å². The largest absolute Gasteiger partial charge is 0.493 e. The summed E-state index contributed by atoms with van der Waals surface area (Å²) in [5.74, 6) is 1.28. The number of hydrazine groups is 1. The van der Waals surface area contributed by atoms with Gasteiger partial charge in [-0.1, -0.05) is 30.7 Å². The van der Waals surface area contributed by atoms with E-state index in [9.17, 15) is 4.79 Å². The summed E-state index contributed by atoms with van der Waals surface area (Å²) in [4.78, 5) is 21.0. The highest BCUT2D eigenvalue weighted by Crippen LogP contribution is 2.32. The van der Waals surface area contributed by atoms with Crippen molar-refractivity contribution in [1.29, 1.82) is 0 Å². The number of benzene rings is 3. The lowest BCUT2D eigenvalue weighted by Crippen LogP contribution is -2.45. The quantitative estimate of drug-likeness (QED) is 0.487. The van der Waals surface area contributed by atoms with E-state index in [1.807, 2.05) is 42.3 Å². The van der Waals surface area contributed by atoms with E-state index in [2.05, 4.69) is 34.7 Å². The minimum atomic E-state index is -0.106. The van der Waals surface area contributed by atoms with Gasteiger partial charge < -0.3 is 9.72 Å². The van der Waals surface area contributed by atoms with Crippen LogP contribution >= 0.6 is 0 Å². The molecule has 0 aliphatic carbocycles. The Morgan fingerprint density at radius 3 is 2.61 bits per heavy atom. The molecule has 1 amide bonds. The Morgan fingerprint density at radius 1 is 1.06 bits per heavy atom. The SMILES string of the molecule is CCOc1cc(C(=O)NN2CCCCC2)ccc1-c1nc2cc3ccccc3cc2[nH]1. The number of hydrogen-bond acceptors (Lipinski definition) is 4. The molecule has 2 N–H and O–H groups in total. The van der Waals surface area contributed by atoms with Crippen LogP contribution in [0.2, 0.25) is 0 Å². The second-order valence-corrected chi connectivity index (χ2v) is 7.93. The molecule has 1 aliphatic rings. The van der Waals surface area contributed by atoms with E-state index in [-0.39, 0.29) is 5.91 Å². The number of piperidine rings is 1. The molecule has 0 saturated carbocycles. The molecule has 1 aliphatic heterocycles. The molecule has 0 spiro atoms. The first-order valence-corrected chi connectivity index (χ1v) is 10.9. The number of nitrogens with one attached hydrogen (secondary N) is 2. The number of amides is 1. The molecular formula is C25H26N4O2. The van der Waals surface area contributed by atoms with Crippen LogP contribution in [0, 0.1) is 0 Å². The van der Waals surface area contributed by atoms with Crippen molar-refractivity contribution in [3.63, 3.8) is 0 Å². The van der Waals surface area contributed by atoms with Crippen molar-refractivity contribution in [3.8, 4) is 17.1 Å². The highest BCUT2D eigenvalue weighted by Gasteiger charge is 2.18. The molecule has 4 aromatic rings. The molecule has 1 saturated heterocycles. The summed E-state index contributed by atoms with van der Waals surface area (Å²) >= 11 is 0. The molecule has 0 radical (unpaired) electrons. The molecule has 0 unspecified atom stereocenters. The summed E-state index contributed by atoms with van der Waals surface area (Å²) in [6.45, 7) is 4.24. The molecule has 0 bridgehead atoms. The summed E-state index contributed by atoms with van der Waals surface area (Å²) in [5, 5.41) is 4.33. The van der Waals surface area contributed by atoms with Gasteiger partial charge in [0.05, 0.1) is 23.2 Å². The fourth-order valence-corrected chi connectivity index (χ4v) is 4.17. The smallest absolute Gasteiger partial charge is 0.265 e. The number of imidazole rings is 1. The molecular weight excluding hydrogens is 388 g/mol. The van der Waals surface area contributed by atoms with Crippen LogP contribution in [0.1, 0.15) is 36.5 Å². The van der Waals surface area contributed by atoms with Crippen molar-refractivity contribution in [3.05, 3.63) is 60.2 Å². The molecule has 3 aromatic carbocycles. The van der Waals surface area contributed by atoms with Gasteiger partial charge in [-0.3, -0.25) is 10.2 Å². The standard InChI is InChI=1S/C25H26N4O2/c1-2-31-23-16-19(25(30)28-29-12-6-3-7-13-29)10-11-20(23)24-26-21-14-17-8-4-5-9-18(17)15-22(21)27-24/h4-5,8-11,14-16H,2-3,6-7,12-13H2,1H3,(H,26,27)(H,28,30). The van der Waals surface area contributed by atoms with E-state index in [0.29, 0.717) is 17.9 Å². The van der Waals surface area contributed by atoms with Crippen molar-refractivity contribution in [2.24, 2.45) is 0 Å². The van der Waals surface area contributed by atoms with Crippen LogP contribution in [0.4, 0.5) is 0 Å². The third-order valence-electron chi connectivity index (χ3n) is 5.76. The number of carbonyl (C=O) groups is 1. The molecule has 1 aromatic heterocycles. The first-order valence-electron chi connectivity index (χ1n) is 10.9. The Labute approximate surface area is 181 Å². The number of ether oxygens (including phenoxy) is 1. The van der Waals surface area contributed by atoms with E-state index >= 15 is 0 Å². The number of H-pyrrole nitrogens is 1. The molecule has 2 heterocycles. The van der Waals surface area contributed by atoms with Gasteiger partial charge >= 0.3 is 0 Å². The summed E-state index contributed by atoms with van der Waals surface area (Å²) in [7, 11) is 0. The number of hydrogen-bond donors (Lipinski definition) is 2. The lowest BCUT2D eigenvalue weighted by Gasteiger charge is -2.26. The van der Waals surface area contributed by atoms with Gasteiger partial charge in [-0.2, -0.15) is 0 Å². The highest BCUT2D eigenvalue weighted by molar-refractivity contribution is 5.97. The summed E-state index contributed by atoms with van der Waals surface area (Å²) < 4.78 is 5.89. The van der Waals surface area contributed by atoms with E-state index in [1.54, 1.807) is 0 Å². The third-order valence-corrected chi connectivity index (χ3v) is 5.76. The van der Waals surface area contributed by atoms with E-state index in [1.165, 1.54) is 11.8 Å². The molecule has 0 atom stereocenters. The Hall–Kier alpha value is -3.38. The monoisotopic (exact) mass is 414 g/mol. The number of aromatic nitrogens is 2. The highest BCUT2D eigenvalue weighted by atomic mass is 16.5. The molecule has 6 nitrogen and oxygen atoms in total. The minimum Gasteiger partial charge on any atom is -0.493 e. The third kappa shape index (κ3) is 3.99. The van der Waals surface area contributed by atoms with Gasteiger partial charge in [0.15, 0.2) is 0 Å². The zero-order valence-corrected chi connectivity index (χ0v) is 17.6. The van der Waals surface area contributed by atoms with Crippen molar-refractivity contribution in [1.82, 2.24) is 20.4 Å². The number of aromatic amines is 1. The summed E-state index contributed by atoms with van der Waals surface area (Å²) in [6.07, 6.45) is 3.46. The van der Waals surface area contributed by atoms with Gasteiger partial charge in [-0.05, 0) is 60.9 Å². The number of nitrogens with zero attached hydrogens (tertiary/aromatic N) is 2. The molecule has 31 heavy (non-hydrogen) atoms. The van der Waals surface area contributed by atoms with Crippen LogP contribution in [0.15, 0.2) is 54.6 Å². The van der Waals surface area contributed by atoms with E-state index < -0.39 is 0 Å². The Balaban J connectivity index is 1.48. The Kier molecular flexibility index (Phi) is 5.30.